The molecule has 0 N–H and O–H groups in total. The number of aromatic nitrogens is 3. The monoisotopic (exact) mass is 341 g/mol. The molecule has 134 valence electrons. The number of carbonyl (C=O) groups excluding carboxylic acids is 1. The van der Waals surface area contributed by atoms with Crippen LogP contribution >= 0.6 is 0 Å². The molecule has 0 saturated carbocycles. The van der Waals surface area contributed by atoms with Crippen LogP contribution in [0.3, 0.4) is 0 Å². The van der Waals surface area contributed by atoms with Crippen molar-refractivity contribution in [1.29, 1.82) is 0 Å². The van der Waals surface area contributed by atoms with Crippen LogP contribution in [0.2, 0.25) is 0 Å². The Hall–Kier alpha value is -2.21. The van der Waals surface area contributed by atoms with Gasteiger partial charge in [0.05, 0.1) is 6.42 Å². The lowest BCUT2D eigenvalue weighted by atomic mass is 9.96. The maximum Gasteiger partial charge on any atom is 0.227 e. The standard InChI is InChI=1S/C19H27N5O/c1-22(2)11-12-23-10-8-21-19(23)17-6-4-9-24(15-17)18(25)13-16-5-3-7-20-14-16/h3,5,7-8,10,14,17H,4,6,9,11-13,15H2,1-2H3/t17-/m1/s1. The van der Waals surface area contributed by atoms with E-state index in [1.165, 1.54) is 0 Å². The second-order valence-electron chi connectivity index (χ2n) is 7.00. The number of hydrogen-bond donors (Lipinski definition) is 0. The van der Waals surface area contributed by atoms with Crippen LogP contribution in [0.1, 0.15) is 30.1 Å². The molecule has 3 heterocycles. The van der Waals surface area contributed by atoms with Crippen LogP contribution in [0, 0.1) is 0 Å². The number of carbonyl (C=O) groups is 1. The van der Waals surface area contributed by atoms with Crippen molar-refractivity contribution < 1.29 is 4.79 Å². The second-order valence-corrected chi connectivity index (χ2v) is 7.00. The molecule has 2 aromatic rings. The van der Waals surface area contributed by atoms with Gasteiger partial charge in [0.1, 0.15) is 5.82 Å². The van der Waals surface area contributed by atoms with E-state index in [2.05, 4.69) is 39.7 Å². The Balaban J connectivity index is 1.63. The summed E-state index contributed by atoms with van der Waals surface area (Å²) >= 11 is 0. The molecule has 0 bridgehead atoms. The number of likely N-dealkylation sites (tertiary alicyclic amines) is 1. The minimum atomic E-state index is 0.184. The number of amides is 1. The summed E-state index contributed by atoms with van der Waals surface area (Å²) in [5, 5.41) is 0. The summed E-state index contributed by atoms with van der Waals surface area (Å²) in [4.78, 5) is 25.5. The molecule has 1 amide bonds. The predicted molar refractivity (Wildman–Crippen MR) is 97.3 cm³/mol. The fraction of sp³-hybridized carbons (Fsp3) is 0.526. The van der Waals surface area contributed by atoms with Crippen LogP contribution in [-0.2, 0) is 17.8 Å². The van der Waals surface area contributed by atoms with E-state index in [0.29, 0.717) is 12.3 Å². The SMILES string of the molecule is CN(C)CCn1ccnc1[C@@H]1CCCN(C(=O)Cc2cccnc2)C1. The van der Waals surface area contributed by atoms with Crippen LogP contribution in [0.5, 0.6) is 0 Å². The molecule has 1 aliphatic heterocycles. The van der Waals surface area contributed by atoms with Crippen molar-refractivity contribution in [2.45, 2.75) is 31.7 Å². The molecule has 25 heavy (non-hydrogen) atoms. The summed E-state index contributed by atoms with van der Waals surface area (Å²) in [7, 11) is 4.16. The van der Waals surface area contributed by atoms with E-state index < -0.39 is 0 Å². The van der Waals surface area contributed by atoms with Gasteiger partial charge < -0.3 is 14.4 Å². The van der Waals surface area contributed by atoms with Gasteiger partial charge >= 0.3 is 0 Å². The molecule has 0 unspecified atom stereocenters. The molecule has 1 fully saturated rings. The number of nitrogens with zero attached hydrogens (tertiary/aromatic N) is 5. The van der Waals surface area contributed by atoms with E-state index in [4.69, 9.17) is 0 Å². The number of likely N-dealkylation sites (N-methyl/N-ethyl adjacent to an activating group) is 1. The Morgan fingerprint density at radius 3 is 3.00 bits per heavy atom. The first-order valence-electron chi connectivity index (χ1n) is 8.96. The zero-order valence-electron chi connectivity index (χ0n) is 15.1. The highest BCUT2D eigenvalue weighted by molar-refractivity contribution is 5.78. The van der Waals surface area contributed by atoms with Crippen LogP contribution < -0.4 is 0 Å². The lowest BCUT2D eigenvalue weighted by Crippen LogP contribution is -2.40. The van der Waals surface area contributed by atoms with Gasteiger partial charge in [0.15, 0.2) is 0 Å². The summed E-state index contributed by atoms with van der Waals surface area (Å²) in [6, 6.07) is 3.84. The van der Waals surface area contributed by atoms with Gasteiger partial charge in [0.25, 0.3) is 0 Å². The number of imidazole rings is 1. The Morgan fingerprint density at radius 1 is 1.36 bits per heavy atom. The van der Waals surface area contributed by atoms with E-state index in [1.54, 1.807) is 12.4 Å². The first-order valence-corrected chi connectivity index (χ1v) is 8.96. The number of rotatable bonds is 6. The van der Waals surface area contributed by atoms with Gasteiger partial charge in [-0.25, -0.2) is 4.98 Å². The number of pyridine rings is 1. The Bertz CT molecular complexity index is 682. The molecule has 0 spiro atoms. The minimum Gasteiger partial charge on any atom is -0.342 e. The van der Waals surface area contributed by atoms with E-state index in [0.717, 1.165) is 50.4 Å². The summed E-state index contributed by atoms with van der Waals surface area (Å²) in [5.74, 6) is 1.62. The molecule has 6 heteroatoms. The summed E-state index contributed by atoms with van der Waals surface area (Å²) in [5.41, 5.74) is 0.974. The lowest BCUT2D eigenvalue weighted by Gasteiger charge is -2.33. The van der Waals surface area contributed by atoms with Gasteiger partial charge in [0.2, 0.25) is 5.91 Å². The first kappa shape index (κ1) is 17.6. The van der Waals surface area contributed by atoms with Gasteiger partial charge in [0, 0.05) is 56.9 Å². The van der Waals surface area contributed by atoms with Gasteiger partial charge in [-0.2, -0.15) is 0 Å². The average molecular weight is 341 g/mol. The van der Waals surface area contributed by atoms with Crippen molar-refractivity contribution in [3.8, 4) is 0 Å². The molecule has 1 aliphatic rings. The first-order chi connectivity index (χ1) is 12.1. The van der Waals surface area contributed by atoms with Gasteiger partial charge in [-0.05, 0) is 38.6 Å². The molecule has 1 atom stereocenters. The number of hydrogen-bond acceptors (Lipinski definition) is 4. The molecule has 2 aromatic heterocycles. The highest BCUT2D eigenvalue weighted by Gasteiger charge is 2.27. The topological polar surface area (TPSA) is 54.3 Å². The Labute approximate surface area is 149 Å². The molecular formula is C19H27N5O. The third-order valence-corrected chi connectivity index (χ3v) is 4.75. The highest BCUT2D eigenvalue weighted by atomic mass is 16.2. The van der Waals surface area contributed by atoms with Crippen LogP contribution in [0.15, 0.2) is 36.9 Å². The van der Waals surface area contributed by atoms with Gasteiger partial charge in [-0.1, -0.05) is 6.07 Å². The van der Waals surface area contributed by atoms with Crippen molar-refractivity contribution in [3.05, 3.63) is 48.3 Å². The largest absolute Gasteiger partial charge is 0.342 e. The maximum atomic E-state index is 12.6. The molecule has 0 radical (unpaired) electrons. The summed E-state index contributed by atoms with van der Waals surface area (Å²) in [6.07, 6.45) is 9.98. The Morgan fingerprint density at radius 2 is 2.24 bits per heavy atom. The molecule has 6 nitrogen and oxygen atoms in total. The molecule has 3 rings (SSSR count). The summed E-state index contributed by atoms with van der Waals surface area (Å²) in [6.45, 7) is 3.52. The highest BCUT2D eigenvalue weighted by Crippen LogP contribution is 2.26. The van der Waals surface area contributed by atoms with Crippen LogP contribution in [0.4, 0.5) is 0 Å². The van der Waals surface area contributed by atoms with Crippen molar-refractivity contribution >= 4 is 5.91 Å². The van der Waals surface area contributed by atoms with Gasteiger partial charge in [-0.3, -0.25) is 9.78 Å². The van der Waals surface area contributed by atoms with E-state index in [1.807, 2.05) is 23.2 Å². The van der Waals surface area contributed by atoms with Gasteiger partial charge in [-0.15, -0.1) is 0 Å². The van der Waals surface area contributed by atoms with Crippen LogP contribution in [-0.4, -0.2) is 64.0 Å². The van der Waals surface area contributed by atoms with E-state index in [9.17, 15) is 4.79 Å². The molecule has 1 saturated heterocycles. The second kappa shape index (κ2) is 8.25. The average Bonchev–Trinajstić information content (AvgIpc) is 3.09. The molecule has 0 aromatic carbocycles. The third kappa shape index (κ3) is 4.66. The quantitative estimate of drug-likeness (QED) is 0.804. The van der Waals surface area contributed by atoms with E-state index in [-0.39, 0.29) is 5.91 Å². The zero-order chi connectivity index (χ0) is 17.6. The Kier molecular flexibility index (Phi) is 5.81. The third-order valence-electron chi connectivity index (χ3n) is 4.75. The fourth-order valence-corrected chi connectivity index (χ4v) is 3.38. The van der Waals surface area contributed by atoms with Crippen molar-refractivity contribution in [3.63, 3.8) is 0 Å². The lowest BCUT2D eigenvalue weighted by molar-refractivity contribution is -0.131. The van der Waals surface area contributed by atoms with Crippen molar-refractivity contribution in [2.75, 3.05) is 33.7 Å². The predicted octanol–water partition coefficient (Wildman–Crippen LogP) is 1.79. The van der Waals surface area contributed by atoms with E-state index >= 15 is 0 Å². The smallest absolute Gasteiger partial charge is 0.227 e. The summed E-state index contributed by atoms with van der Waals surface area (Å²) < 4.78 is 2.24. The molecular weight excluding hydrogens is 314 g/mol. The maximum absolute atomic E-state index is 12.6. The molecule has 0 aliphatic carbocycles. The normalized spacial score (nSPS) is 17.9. The van der Waals surface area contributed by atoms with Crippen LogP contribution in [0.25, 0.3) is 0 Å². The number of piperidine rings is 1. The van der Waals surface area contributed by atoms with Crippen molar-refractivity contribution in [2.24, 2.45) is 0 Å². The fourth-order valence-electron chi connectivity index (χ4n) is 3.38. The zero-order valence-corrected chi connectivity index (χ0v) is 15.1. The minimum absolute atomic E-state index is 0.184. The van der Waals surface area contributed by atoms with Crippen molar-refractivity contribution in [1.82, 2.24) is 24.3 Å².